The molecule has 6 heteroatoms. The van der Waals surface area contributed by atoms with Crippen molar-refractivity contribution in [1.82, 2.24) is 5.32 Å². The number of hydrogen-bond donors (Lipinski definition) is 1. The Morgan fingerprint density at radius 1 is 0.852 bits per heavy atom. The maximum Gasteiger partial charge on any atom is 0.224 e. The van der Waals surface area contributed by atoms with Crippen LogP contribution in [0, 0.1) is 6.92 Å². The fraction of sp³-hybridized carbons (Fsp3) is 0.381. The zero-order valence-electron chi connectivity index (χ0n) is 16.5. The van der Waals surface area contributed by atoms with Crippen molar-refractivity contribution in [2.45, 2.75) is 19.8 Å². The minimum Gasteiger partial charge on any atom is -0.493 e. The molecular formula is C21H27NO5. The van der Waals surface area contributed by atoms with E-state index in [1.54, 1.807) is 28.4 Å². The van der Waals surface area contributed by atoms with Gasteiger partial charge in [-0.2, -0.15) is 0 Å². The number of carbonyl (C=O) groups excluding carboxylic acids is 1. The van der Waals surface area contributed by atoms with E-state index in [0.717, 1.165) is 16.7 Å². The van der Waals surface area contributed by atoms with E-state index in [2.05, 4.69) is 5.32 Å². The predicted molar refractivity (Wildman–Crippen MR) is 104 cm³/mol. The highest BCUT2D eigenvalue weighted by Gasteiger charge is 2.12. The van der Waals surface area contributed by atoms with Crippen molar-refractivity contribution in [2.24, 2.45) is 0 Å². The van der Waals surface area contributed by atoms with Crippen molar-refractivity contribution >= 4 is 5.91 Å². The summed E-state index contributed by atoms with van der Waals surface area (Å²) in [5.41, 5.74) is 2.97. The van der Waals surface area contributed by atoms with Gasteiger partial charge in [-0.25, -0.2) is 0 Å². The second-order valence-corrected chi connectivity index (χ2v) is 6.10. The zero-order valence-corrected chi connectivity index (χ0v) is 16.5. The molecule has 0 bridgehead atoms. The lowest BCUT2D eigenvalue weighted by atomic mass is 10.0. The Balaban J connectivity index is 1.93. The van der Waals surface area contributed by atoms with Crippen LogP contribution in [-0.2, 0) is 17.6 Å². The average Bonchev–Trinajstić information content (AvgIpc) is 2.68. The van der Waals surface area contributed by atoms with Crippen molar-refractivity contribution in [1.29, 1.82) is 0 Å². The van der Waals surface area contributed by atoms with Gasteiger partial charge in [-0.15, -0.1) is 0 Å². The number of amides is 1. The Hall–Kier alpha value is -2.89. The molecular weight excluding hydrogens is 346 g/mol. The van der Waals surface area contributed by atoms with Crippen LogP contribution in [0.3, 0.4) is 0 Å². The standard InChI is InChI=1S/C21H27NO5/c1-14-10-18(25-3)20(27-5)12-16(14)13-21(23)22-9-8-15-6-7-17(24-2)19(11-15)26-4/h6-7,10-12H,8-9,13H2,1-5H3,(H,22,23). The molecule has 146 valence electrons. The first-order valence-corrected chi connectivity index (χ1v) is 8.71. The highest BCUT2D eigenvalue weighted by Crippen LogP contribution is 2.30. The van der Waals surface area contributed by atoms with Crippen molar-refractivity contribution < 1.29 is 23.7 Å². The van der Waals surface area contributed by atoms with E-state index < -0.39 is 0 Å². The van der Waals surface area contributed by atoms with Gasteiger partial charge < -0.3 is 24.3 Å². The molecule has 0 aliphatic carbocycles. The molecule has 0 aliphatic rings. The molecule has 27 heavy (non-hydrogen) atoms. The Morgan fingerprint density at radius 3 is 2.07 bits per heavy atom. The molecule has 6 nitrogen and oxygen atoms in total. The number of rotatable bonds is 9. The molecule has 1 amide bonds. The minimum atomic E-state index is -0.0363. The van der Waals surface area contributed by atoms with E-state index >= 15 is 0 Å². The third-order valence-corrected chi connectivity index (χ3v) is 4.38. The number of aryl methyl sites for hydroxylation is 1. The molecule has 0 saturated carbocycles. The number of carbonyl (C=O) groups is 1. The van der Waals surface area contributed by atoms with E-state index in [1.165, 1.54) is 0 Å². The van der Waals surface area contributed by atoms with Gasteiger partial charge in [0, 0.05) is 6.54 Å². The van der Waals surface area contributed by atoms with E-state index in [-0.39, 0.29) is 12.3 Å². The summed E-state index contributed by atoms with van der Waals surface area (Å²) in [6.45, 7) is 2.49. The maximum atomic E-state index is 12.3. The first-order valence-electron chi connectivity index (χ1n) is 8.71. The fourth-order valence-electron chi connectivity index (χ4n) is 2.83. The van der Waals surface area contributed by atoms with Crippen LogP contribution in [0.2, 0.25) is 0 Å². The van der Waals surface area contributed by atoms with Gasteiger partial charge in [-0.05, 0) is 54.3 Å². The molecule has 0 aromatic heterocycles. The first kappa shape index (κ1) is 20.4. The van der Waals surface area contributed by atoms with Crippen LogP contribution in [0.1, 0.15) is 16.7 Å². The van der Waals surface area contributed by atoms with E-state index in [1.807, 2.05) is 37.3 Å². The van der Waals surface area contributed by atoms with E-state index in [4.69, 9.17) is 18.9 Å². The molecule has 1 N–H and O–H groups in total. The SMILES string of the molecule is COc1ccc(CCNC(=O)Cc2cc(OC)c(OC)cc2C)cc1OC. The van der Waals surface area contributed by atoms with E-state index in [0.29, 0.717) is 36.0 Å². The molecule has 0 saturated heterocycles. The van der Waals surface area contributed by atoms with Crippen LogP contribution >= 0.6 is 0 Å². The zero-order chi connectivity index (χ0) is 19.8. The topological polar surface area (TPSA) is 66.0 Å². The smallest absolute Gasteiger partial charge is 0.224 e. The number of benzene rings is 2. The number of hydrogen-bond acceptors (Lipinski definition) is 5. The van der Waals surface area contributed by atoms with Gasteiger partial charge >= 0.3 is 0 Å². The largest absolute Gasteiger partial charge is 0.493 e. The van der Waals surface area contributed by atoms with E-state index in [9.17, 15) is 4.79 Å². The summed E-state index contributed by atoms with van der Waals surface area (Å²) >= 11 is 0. The van der Waals surface area contributed by atoms with Crippen molar-refractivity contribution in [3.63, 3.8) is 0 Å². The second-order valence-electron chi connectivity index (χ2n) is 6.10. The van der Waals surface area contributed by atoms with Gasteiger partial charge in [-0.1, -0.05) is 6.07 Å². The summed E-state index contributed by atoms with van der Waals surface area (Å²) in [5.74, 6) is 2.62. The third kappa shape index (κ3) is 5.29. The Labute approximate surface area is 160 Å². The fourth-order valence-corrected chi connectivity index (χ4v) is 2.83. The molecule has 0 unspecified atom stereocenters. The molecule has 0 heterocycles. The van der Waals surface area contributed by atoms with Crippen molar-refractivity contribution in [3.05, 3.63) is 47.0 Å². The molecule has 2 aromatic carbocycles. The van der Waals surface area contributed by atoms with Crippen LogP contribution < -0.4 is 24.3 Å². The lowest BCUT2D eigenvalue weighted by Crippen LogP contribution is -2.27. The Kier molecular flexibility index (Phi) is 7.34. The van der Waals surface area contributed by atoms with Crippen LogP contribution in [0.5, 0.6) is 23.0 Å². The van der Waals surface area contributed by atoms with Gasteiger partial charge in [0.2, 0.25) is 5.91 Å². The summed E-state index contributed by atoms with van der Waals surface area (Å²) < 4.78 is 21.1. The van der Waals surface area contributed by atoms with Crippen LogP contribution in [0.4, 0.5) is 0 Å². The molecule has 0 radical (unpaired) electrons. The number of methoxy groups -OCH3 is 4. The molecule has 2 rings (SSSR count). The predicted octanol–water partition coefficient (Wildman–Crippen LogP) is 2.93. The number of nitrogens with one attached hydrogen (secondary N) is 1. The lowest BCUT2D eigenvalue weighted by Gasteiger charge is -2.13. The number of ether oxygens (including phenoxy) is 4. The summed E-state index contributed by atoms with van der Waals surface area (Å²) in [6, 6.07) is 9.48. The van der Waals surface area contributed by atoms with Gasteiger partial charge in [0.05, 0.1) is 34.9 Å². The Bertz CT molecular complexity index is 788. The second kappa shape index (κ2) is 9.71. The van der Waals surface area contributed by atoms with Gasteiger partial charge in [-0.3, -0.25) is 4.79 Å². The molecule has 0 spiro atoms. The summed E-state index contributed by atoms with van der Waals surface area (Å²) in [5, 5.41) is 2.96. The highest BCUT2D eigenvalue weighted by atomic mass is 16.5. The van der Waals surface area contributed by atoms with Crippen LogP contribution in [0.25, 0.3) is 0 Å². The third-order valence-electron chi connectivity index (χ3n) is 4.38. The quantitative estimate of drug-likeness (QED) is 0.732. The molecule has 2 aromatic rings. The monoisotopic (exact) mass is 373 g/mol. The maximum absolute atomic E-state index is 12.3. The summed E-state index contributed by atoms with van der Waals surface area (Å²) in [7, 11) is 6.39. The van der Waals surface area contributed by atoms with Gasteiger partial charge in [0.1, 0.15) is 0 Å². The van der Waals surface area contributed by atoms with Crippen molar-refractivity contribution in [2.75, 3.05) is 35.0 Å². The summed E-state index contributed by atoms with van der Waals surface area (Å²) in [4.78, 5) is 12.3. The lowest BCUT2D eigenvalue weighted by molar-refractivity contribution is -0.120. The first-order chi connectivity index (χ1) is 13.0. The highest BCUT2D eigenvalue weighted by molar-refractivity contribution is 5.79. The van der Waals surface area contributed by atoms with Gasteiger partial charge in [0.25, 0.3) is 0 Å². The van der Waals surface area contributed by atoms with Crippen LogP contribution in [0.15, 0.2) is 30.3 Å². The molecule has 0 fully saturated rings. The summed E-state index contributed by atoms with van der Waals surface area (Å²) in [6.07, 6.45) is 0.995. The normalized spacial score (nSPS) is 10.3. The van der Waals surface area contributed by atoms with Crippen LogP contribution in [-0.4, -0.2) is 40.9 Å². The molecule has 0 aliphatic heterocycles. The molecule has 0 atom stereocenters. The minimum absolute atomic E-state index is 0.0363. The van der Waals surface area contributed by atoms with Crippen molar-refractivity contribution in [3.8, 4) is 23.0 Å². The van der Waals surface area contributed by atoms with Gasteiger partial charge in [0.15, 0.2) is 23.0 Å². The average molecular weight is 373 g/mol. The Morgan fingerprint density at radius 2 is 1.44 bits per heavy atom.